The van der Waals surface area contributed by atoms with Gasteiger partial charge in [-0.05, 0) is 41.7 Å². The van der Waals surface area contributed by atoms with E-state index >= 15 is 0 Å². The van der Waals surface area contributed by atoms with Gasteiger partial charge in [0, 0.05) is 23.5 Å². The summed E-state index contributed by atoms with van der Waals surface area (Å²) in [4.78, 5) is 53.8. The molecule has 3 aromatic rings. The number of fused-ring (bicyclic) bond motifs is 1. The van der Waals surface area contributed by atoms with Gasteiger partial charge < -0.3 is 42.0 Å². The van der Waals surface area contributed by atoms with E-state index in [1.165, 1.54) is 12.1 Å². The fourth-order valence-electron chi connectivity index (χ4n) is 4.22. The lowest BCUT2D eigenvalue weighted by molar-refractivity contribution is -0.143. The number of aliphatic hydroxyl groups excluding tert-OH is 1. The Bertz CT molecular complexity index is 1340. The number of hydrogen-bond acceptors (Lipinski definition) is 7. The number of aromatic hydroxyl groups is 1. The van der Waals surface area contributed by atoms with Crippen LogP contribution in [0.15, 0.2) is 54.7 Å². The molecule has 0 bridgehead atoms. The van der Waals surface area contributed by atoms with Crippen molar-refractivity contribution in [3.63, 3.8) is 0 Å². The van der Waals surface area contributed by atoms with Crippen LogP contribution in [0, 0.1) is 5.92 Å². The number of carboxylic acids is 1. The average Bonchev–Trinajstić information content (AvgIpc) is 3.33. The van der Waals surface area contributed by atoms with Crippen molar-refractivity contribution in [2.45, 2.75) is 50.9 Å². The van der Waals surface area contributed by atoms with E-state index in [4.69, 9.17) is 5.73 Å². The van der Waals surface area contributed by atoms with Gasteiger partial charge in [0.05, 0.1) is 12.6 Å². The highest BCUT2D eigenvalue weighted by molar-refractivity contribution is 5.95. The van der Waals surface area contributed by atoms with Crippen LogP contribution in [-0.2, 0) is 32.0 Å². The van der Waals surface area contributed by atoms with Crippen LogP contribution in [0.1, 0.15) is 25.0 Å². The molecule has 0 fully saturated rings. The largest absolute Gasteiger partial charge is 0.508 e. The van der Waals surface area contributed by atoms with Gasteiger partial charge in [0.1, 0.15) is 23.9 Å². The standard InChI is InChI=1S/C28H35N5O7/c1-15(2)24(27(38)32-23(14-34)28(39)40)33-26(37)22(12-17-13-30-21-6-4-3-5-19(17)21)31-25(36)20(29)11-16-7-9-18(35)10-8-16/h3-10,13,15,20,22-24,30,34-35H,11-12,14,29H2,1-2H3,(H,31,36)(H,32,38)(H,33,37)(H,39,40). The van der Waals surface area contributed by atoms with E-state index in [-0.39, 0.29) is 18.6 Å². The Morgan fingerprint density at radius 2 is 1.52 bits per heavy atom. The number of aliphatic hydroxyl groups is 1. The Morgan fingerprint density at radius 1 is 0.875 bits per heavy atom. The third-order valence-corrected chi connectivity index (χ3v) is 6.50. The average molecular weight is 554 g/mol. The molecule has 1 heterocycles. The summed E-state index contributed by atoms with van der Waals surface area (Å²) < 4.78 is 0. The molecule has 0 spiro atoms. The summed E-state index contributed by atoms with van der Waals surface area (Å²) in [6.45, 7) is 2.51. The normalized spacial score (nSPS) is 14.2. The maximum atomic E-state index is 13.5. The predicted octanol–water partition coefficient (Wildman–Crippen LogP) is 0.173. The summed E-state index contributed by atoms with van der Waals surface area (Å²) in [5.74, 6) is -3.83. The molecule has 0 aliphatic rings. The first-order valence-electron chi connectivity index (χ1n) is 12.8. The molecular formula is C28H35N5O7. The van der Waals surface area contributed by atoms with E-state index in [0.717, 1.165) is 16.5 Å². The smallest absolute Gasteiger partial charge is 0.328 e. The molecular weight excluding hydrogens is 518 g/mol. The minimum absolute atomic E-state index is 0.0777. The van der Waals surface area contributed by atoms with Gasteiger partial charge in [-0.3, -0.25) is 14.4 Å². The molecule has 4 unspecified atom stereocenters. The number of para-hydroxylation sites is 1. The van der Waals surface area contributed by atoms with Gasteiger partial charge in [-0.2, -0.15) is 0 Å². The molecule has 214 valence electrons. The van der Waals surface area contributed by atoms with Crippen molar-refractivity contribution in [1.29, 1.82) is 0 Å². The third kappa shape index (κ3) is 7.80. The van der Waals surface area contributed by atoms with Crippen molar-refractivity contribution in [2.75, 3.05) is 6.61 Å². The predicted molar refractivity (Wildman–Crippen MR) is 147 cm³/mol. The summed E-state index contributed by atoms with van der Waals surface area (Å²) >= 11 is 0. The van der Waals surface area contributed by atoms with Gasteiger partial charge in [0.25, 0.3) is 0 Å². The van der Waals surface area contributed by atoms with Gasteiger partial charge in [-0.1, -0.05) is 44.2 Å². The number of carbonyl (C=O) groups excluding carboxylic acids is 3. The fourth-order valence-corrected chi connectivity index (χ4v) is 4.22. The maximum Gasteiger partial charge on any atom is 0.328 e. The second-order valence-electron chi connectivity index (χ2n) is 9.91. The van der Waals surface area contributed by atoms with Crippen LogP contribution in [-0.4, -0.2) is 74.8 Å². The first kappa shape index (κ1) is 30.1. The molecule has 0 radical (unpaired) electrons. The third-order valence-electron chi connectivity index (χ3n) is 6.50. The van der Waals surface area contributed by atoms with E-state index in [1.54, 1.807) is 32.2 Å². The van der Waals surface area contributed by atoms with Crippen molar-refractivity contribution < 1.29 is 34.5 Å². The van der Waals surface area contributed by atoms with Crippen LogP contribution in [0.25, 0.3) is 10.9 Å². The molecule has 0 saturated heterocycles. The summed E-state index contributed by atoms with van der Waals surface area (Å²) in [7, 11) is 0. The molecule has 12 heteroatoms. The first-order chi connectivity index (χ1) is 19.0. The van der Waals surface area contributed by atoms with Gasteiger partial charge >= 0.3 is 5.97 Å². The number of aliphatic carboxylic acids is 1. The molecule has 40 heavy (non-hydrogen) atoms. The minimum atomic E-state index is -1.54. The zero-order valence-electron chi connectivity index (χ0n) is 22.3. The van der Waals surface area contributed by atoms with Gasteiger partial charge in [-0.15, -0.1) is 0 Å². The number of rotatable bonds is 13. The number of H-pyrrole nitrogens is 1. The number of aromatic amines is 1. The number of carbonyl (C=O) groups is 4. The van der Waals surface area contributed by atoms with Crippen molar-refractivity contribution in [1.82, 2.24) is 20.9 Å². The molecule has 0 aliphatic heterocycles. The Balaban J connectivity index is 1.81. The van der Waals surface area contributed by atoms with Crippen LogP contribution in [0.3, 0.4) is 0 Å². The Hall–Kier alpha value is -4.42. The van der Waals surface area contributed by atoms with Crippen molar-refractivity contribution in [2.24, 2.45) is 11.7 Å². The number of amides is 3. The monoisotopic (exact) mass is 553 g/mol. The summed E-state index contributed by atoms with van der Waals surface area (Å²) in [5, 5.41) is 36.3. The van der Waals surface area contributed by atoms with Crippen LogP contribution >= 0.6 is 0 Å². The van der Waals surface area contributed by atoms with E-state index < -0.39 is 60.4 Å². The fraction of sp³-hybridized carbons (Fsp3) is 0.357. The lowest BCUT2D eigenvalue weighted by Gasteiger charge is -2.27. The van der Waals surface area contributed by atoms with Gasteiger partial charge in [0.15, 0.2) is 0 Å². The molecule has 9 N–H and O–H groups in total. The number of phenols is 1. The molecule has 1 aromatic heterocycles. The van der Waals surface area contributed by atoms with E-state index in [0.29, 0.717) is 5.56 Å². The Labute approximate surface area is 231 Å². The second-order valence-corrected chi connectivity index (χ2v) is 9.91. The van der Waals surface area contributed by atoms with E-state index in [1.807, 2.05) is 24.3 Å². The van der Waals surface area contributed by atoms with Crippen molar-refractivity contribution in [3.8, 4) is 5.75 Å². The van der Waals surface area contributed by atoms with Crippen LogP contribution in [0.2, 0.25) is 0 Å². The molecule has 4 atom stereocenters. The lowest BCUT2D eigenvalue weighted by Crippen LogP contribution is -2.59. The zero-order chi connectivity index (χ0) is 29.4. The molecule has 3 amide bonds. The number of phenolic OH excluding ortho intramolecular Hbond substituents is 1. The zero-order valence-corrected chi connectivity index (χ0v) is 22.3. The first-order valence-corrected chi connectivity index (χ1v) is 12.8. The second kappa shape index (κ2) is 13.6. The van der Waals surface area contributed by atoms with Crippen LogP contribution in [0.5, 0.6) is 5.75 Å². The molecule has 0 saturated carbocycles. The summed E-state index contributed by atoms with van der Waals surface area (Å²) in [5.41, 5.74) is 8.45. The highest BCUT2D eigenvalue weighted by Gasteiger charge is 2.32. The number of carboxylic acid groups (broad SMARTS) is 1. The van der Waals surface area contributed by atoms with Gasteiger partial charge in [0.2, 0.25) is 17.7 Å². The number of nitrogens with one attached hydrogen (secondary N) is 4. The Kier molecular flexibility index (Phi) is 10.2. The molecule has 12 nitrogen and oxygen atoms in total. The highest BCUT2D eigenvalue weighted by atomic mass is 16.4. The number of aromatic nitrogens is 1. The van der Waals surface area contributed by atoms with E-state index in [9.17, 15) is 34.5 Å². The summed E-state index contributed by atoms with van der Waals surface area (Å²) in [6, 6.07) is 8.89. The number of nitrogens with two attached hydrogens (primary N) is 1. The molecule has 0 aliphatic carbocycles. The van der Waals surface area contributed by atoms with Crippen LogP contribution < -0.4 is 21.7 Å². The molecule has 2 aromatic carbocycles. The topological polar surface area (TPSA) is 207 Å². The lowest BCUT2D eigenvalue weighted by atomic mass is 9.99. The number of benzene rings is 2. The highest BCUT2D eigenvalue weighted by Crippen LogP contribution is 2.20. The van der Waals surface area contributed by atoms with Crippen LogP contribution in [0.4, 0.5) is 0 Å². The minimum Gasteiger partial charge on any atom is -0.508 e. The maximum absolute atomic E-state index is 13.5. The number of hydrogen-bond donors (Lipinski definition) is 8. The SMILES string of the molecule is CC(C)C(NC(=O)C(Cc1c[nH]c2ccccc12)NC(=O)C(N)Cc1ccc(O)cc1)C(=O)NC(CO)C(=O)O. The van der Waals surface area contributed by atoms with E-state index in [2.05, 4.69) is 20.9 Å². The van der Waals surface area contributed by atoms with Crippen molar-refractivity contribution >= 4 is 34.6 Å². The van der Waals surface area contributed by atoms with Crippen molar-refractivity contribution in [3.05, 3.63) is 65.9 Å². The quantitative estimate of drug-likeness (QED) is 0.146. The Morgan fingerprint density at radius 3 is 2.15 bits per heavy atom. The van der Waals surface area contributed by atoms with Gasteiger partial charge in [-0.25, -0.2) is 4.79 Å². The summed E-state index contributed by atoms with van der Waals surface area (Å²) in [6.07, 6.45) is 1.97. The molecule has 3 rings (SSSR count).